The summed E-state index contributed by atoms with van der Waals surface area (Å²) in [4.78, 5) is 0. The number of nitriles is 1. The van der Waals surface area contributed by atoms with Crippen LogP contribution in [0.3, 0.4) is 0 Å². The Kier molecular flexibility index (Phi) is 5.81. The third-order valence-electron chi connectivity index (χ3n) is 2.02. The Bertz CT molecular complexity index is 402. The summed E-state index contributed by atoms with van der Waals surface area (Å²) in [7, 11) is 1.65. The summed E-state index contributed by atoms with van der Waals surface area (Å²) < 4.78 is 7.23. The van der Waals surface area contributed by atoms with Crippen LogP contribution in [0, 0.1) is 11.3 Å². The summed E-state index contributed by atoms with van der Waals surface area (Å²) in [5, 5.41) is 11.6. The van der Waals surface area contributed by atoms with Gasteiger partial charge in [-0.1, -0.05) is 15.9 Å². The third-order valence-corrected chi connectivity index (χ3v) is 3.07. The van der Waals surface area contributed by atoms with Crippen LogP contribution in [-0.2, 0) is 6.54 Å². The second-order valence-corrected chi connectivity index (χ2v) is 4.93. The van der Waals surface area contributed by atoms with Crippen molar-refractivity contribution in [3.8, 4) is 11.8 Å². The number of benzene rings is 1. The Morgan fingerprint density at radius 3 is 2.81 bits per heavy atom. The minimum Gasteiger partial charge on any atom is -0.495 e. The lowest BCUT2D eigenvalue weighted by Gasteiger charge is -2.11. The van der Waals surface area contributed by atoms with Crippen LogP contribution in [0.2, 0.25) is 0 Å². The SMILES string of the molecule is COc1c(Br)cc(Br)cc1CNCCC#N. The van der Waals surface area contributed by atoms with E-state index in [0.717, 1.165) is 20.3 Å². The lowest BCUT2D eigenvalue weighted by molar-refractivity contribution is 0.405. The molecule has 0 heterocycles. The zero-order valence-corrected chi connectivity index (χ0v) is 12.1. The highest BCUT2D eigenvalue weighted by Gasteiger charge is 2.08. The van der Waals surface area contributed by atoms with Gasteiger partial charge in [-0.15, -0.1) is 0 Å². The highest BCUT2D eigenvalue weighted by atomic mass is 79.9. The zero-order chi connectivity index (χ0) is 12.0. The van der Waals surface area contributed by atoms with E-state index in [-0.39, 0.29) is 0 Å². The minimum absolute atomic E-state index is 0.511. The topological polar surface area (TPSA) is 45.0 Å². The van der Waals surface area contributed by atoms with Gasteiger partial charge in [-0.05, 0) is 28.1 Å². The molecule has 5 heteroatoms. The molecular weight excluding hydrogens is 336 g/mol. The smallest absolute Gasteiger partial charge is 0.137 e. The van der Waals surface area contributed by atoms with E-state index in [2.05, 4.69) is 43.2 Å². The van der Waals surface area contributed by atoms with Crippen LogP contribution in [0.15, 0.2) is 21.1 Å². The molecule has 0 fully saturated rings. The fourth-order valence-corrected chi connectivity index (χ4v) is 2.82. The van der Waals surface area contributed by atoms with Crippen LogP contribution in [0.4, 0.5) is 0 Å². The number of rotatable bonds is 5. The molecule has 0 saturated carbocycles. The van der Waals surface area contributed by atoms with Gasteiger partial charge in [0.1, 0.15) is 5.75 Å². The molecule has 3 nitrogen and oxygen atoms in total. The minimum atomic E-state index is 0.511. The van der Waals surface area contributed by atoms with E-state index in [1.54, 1.807) is 7.11 Å². The maximum Gasteiger partial charge on any atom is 0.137 e. The summed E-state index contributed by atoms with van der Waals surface area (Å²) in [5.41, 5.74) is 1.06. The van der Waals surface area contributed by atoms with Gasteiger partial charge in [-0.25, -0.2) is 0 Å². The highest BCUT2D eigenvalue weighted by molar-refractivity contribution is 9.11. The van der Waals surface area contributed by atoms with Crippen molar-refractivity contribution in [2.75, 3.05) is 13.7 Å². The van der Waals surface area contributed by atoms with Crippen molar-refractivity contribution in [1.29, 1.82) is 5.26 Å². The van der Waals surface area contributed by atoms with Crippen LogP contribution in [0.1, 0.15) is 12.0 Å². The second-order valence-electron chi connectivity index (χ2n) is 3.16. The Hall–Kier alpha value is -0.570. The average molecular weight is 348 g/mol. The van der Waals surface area contributed by atoms with Crippen LogP contribution < -0.4 is 10.1 Å². The molecule has 0 unspecified atom stereocenters. The van der Waals surface area contributed by atoms with Crippen molar-refractivity contribution in [3.05, 3.63) is 26.6 Å². The van der Waals surface area contributed by atoms with Crippen molar-refractivity contribution in [2.45, 2.75) is 13.0 Å². The molecule has 16 heavy (non-hydrogen) atoms. The predicted molar refractivity (Wildman–Crippen MR) is 70.3 cm³/mol. The van der Waals surface area contributed by atoms with Gasteiger partial charge >= 0.3 is 0 Å². The monoisotopic (exact) mass is 346 g/mol. The first-order chi connectivity index (χ1) is 7.69. The van der Waals surface area contributed by atoms with Crippen LogP contribution in [0.25, 0.3) is 0 Å². The first-order valence-electron chi connectivity index (χ1n) is 4.78. The first kappa shape index (κ1) is 13.5. The lowest BCUT2D eigenvalue weighted by Crippen LogP contribution is -2.15. The van der Waals surface area contributed by atoms with Crippen molar-refractivity contribution in [1.82, 2.24) is 5.32 Å². The molecule has 1 N–H and O–H groups in total. The van der Waals surface area contributed by atoms with Gasteiger partial charge in [0.2, 0.25) is 0 Å². The molecule has 0 spiro atoms. The van der Waals surface area contributed by atoms with Crippen LogP contribution >= 0.6 is 31.9 Å². The zero-order valence-electron chi connectivity index (χ0n) is 8.89. The quantitative estimate of drug-likeness (QED) is 0.832. The number of nitrogens with one attached hydrogen (secondary N) is 1. The molecule has 0 amide bonds. The Labute approximate surface area is 112 Å². The summed E-state index contributed by atoms with van der Waals surface area (Å²) in [6.07, 6.45) is 0.511. The Morgan fingerprint density at radius 2 is 2.19 bits per heavy atom. The van der Waals surface area contributed by atoms with E-state index < -0.39 is 0 Å². The van der Waals surface area contributed by atoms with Crippen molar-refractivity contribution < 1.29 is 4.74 Å². The number of halogens is 2. The van der Waals surface area contributed by atoms with Gasteiger partial charge < -0.3 is 10.1 Å². The highest BCUT2D eigenvalue weighted by Crippen LogP contribution is 2.32. The van der Waals surface area contributed by atoms with Crippen molar-refractivity contribution in [3.63, 3.8) is 0 Å². The lowest BCUT2D eigenvalue weighted by atomic mass is 10.2. The maximum absolute atomic E-state index is 8.42. The van der Waals surface area contributed by atoms with Gasteiger partial charge in [-0.3, -0.25) is 0 Å². The molecule has 0 atom stereocenters. The van der Waals surface area contributed by atoms with E-state index in [4.69, 9.17) is 10.00 Å². The molecule has 86 valence electrons. The molecule has 0 aliphatic carbocycles. The fourth-order valence-electron chi connectivity index (χ4n) is 1.34. The van der Waals surface area contributed by atoms with Crippen molar-refractivity contribution >= 4 is 31.9 Å². The fraction of sp³-hybridized carbons (Fsp3) is 0.364. The molecule has 1 aromatic rings. The molecule has 0 saturated heterocycles. The maximum atomic E-state index is 8.42. The molecule has 0 aliphatic heterocycles. The van der Waals surface area contributed by atoms with Gasteiger partial charge in [0.05, 0.1) is 17.7 Å². The number of ether oxygens (including phenoxy) is 1. The standard InChI is InChI=1S/C11H12Br2N2O/c1-16-11-8(7-15-4-2-3-14)5-9(12)6-10(11)13/h5-6,15H,2,4,7H2,1H3. The van der Waals surface area contributed by atoms with Crippen molar-refractivity contribution in [2.24, 2.45) is 0 Å². The molecule has 0 bridgehead atoms. The summed E-state index contributed by atoms with van der Waals surface area (Å²) in [6.45, 7) is 1.37. The van der Waals surface area contributed by atoms with E-state index in [0.29, 0.717) is 19.5 Å². The van der Waals surface area contributed by atoms with E-state index >= 15 is 0 Å². The Morgan fingerprint density at radius 1 is 1.44 bits per heavy atom. The molecule has 0 aromatic heterocycles. The average Bonchev–Trinajstić information content (AvgIpc) is 2.24. The largest absolute Gasteiger partial charge is 0.495 e. The first-order valence-corrected chi connectivity index (χ1v) is 6.37. The molecule has 0 aliphatic rings. The number of hydrogen-bond acceptors (Lipinski definition) is 3. The summed E-state index contributed by atoms with van der Waals surface area (Å²) in [5.74, 6) is 0.827. The summed E-state index contributed by atoms with van der Waals surface area (Å²) in [6, 6.07) is 6.04. The predicted octanol–water partition coefficient (Wildman–Crippen LogP) is 3.22. The van der Waals surface area contributed by atoms with Gasteiger partial charge in [-0.2, -0.15) is 5.26 Å². The van der Waals surface area contributed by atoms with Gasteiger partial charge in [0.25, 0.3) is 0 Å². The molecule has 1 rings (SSSR count). The second kappa shape index (κ2) is 6.89. The summed E-state index contributed by atoms with van der Waals surface area (Å²) >= 11 is 6.88. The molecular formula is C11H12Br2N2O. The van der Waals surface area contributed by atoms with E-state index in [1.807, 2.05) is 12.1 Å². The normalized spacial score (nSPS) is 9.88. The number of hydrogen-bond donors (Lipinski definition) is 1. The molecule has 1 aromatic carbocycles. The number of nitrogens with zero attached hydrogens (tertiary/aromatic N) is 1. The number of methoxy groups -OCH3 is 1. The van der Waals surface area contributed by atoms with Gasteiger partial charge in [0.15, 0.2) is 0 Å². The van der Waals surface area contributed by atoms with E-state index in [9.17, 15) is 0 Å². The molecule has 0 radical (unpaired) electrons. The van der Waals surface area contributed by atoms with Crippen LogP contribution in [0.5, 0.6) is 5.75 Å². The van der Waals surface area contributed by atoms with E-state index in [1.165, 1.54) is 0 Å². The third kappa shape index (κ3) is 3.78. The van der Waals surface area contributed by atoms with Crippen LogP contribution in [-0.4, -0.2) is 13.7 Å². The Balaban J connectivity index is 2.74. The van der Waals surface area contributed by atoms with Gasteiger partial charge in [0, 0.05) is 29.5 Å².